The molecule has 0 radical (unpaired) electrons. The summed E-state index contributed by atoms with van der Waals surface area (Å²) in [5.41, 5.74) is 0.962. The smallest absolute Gasteiger partial charge is 0.545 e. The Kier molecular flexibility index (Phi) is 5.38. The number of likely N-dealkylation sites (N-methyl/N-ethyl adjacent to an activating group) is 1. The first-order valence-corrected chi connectivity index (χ1v) is 5.64. The monoisotopic (exact) mass is 255 g/mol. The van der Waals surface area contributed by atoms with E-state index in [4.69, 9.17) is 0 Å². The molecule has 0 unspecified atom stereocenters. The molecule has 0 heterocycles. The molecule has 1 aromatic rings. The minimum absolute atomic E-state index is 0. The molecule has 0 aliphatic heterocycles. The van der Waals surface area contributed by atoms with Crippen molar-refractivity contribution < 1.29 is 44.3 Å². The molecule has 0 saturated heterocycles. The van der Waals surface area contributed by atoms with Crippen LogP contribution in [0.2, 0.25) is 0 Å². The number of aromatic carboxylic acids is 1. The summed E-state index contributed by atoms with van der Waals surface area (Å²) in [7, 11) is 1.82. The van der Waals surface area contributed by atoms with Crippen molar-refractivity contribution in [1.29, 1.82) is 0 Å². The maximum atomic E-state index is 11.8. The van der Waals surface area contributed by atoms with Gasteiger partial charge in [0, 0.05) is 13.1 Å². The maximum Gasteiger partial charge on any atom is 1.00 e. The summed E-state index contributed by atoms with van der Waals surface area (Å²) in [5.74, 6) is -1.12. The molecule has 1 saturated carbocycles. The van der Waals surface area contributed by atoms with Crippen LogP contribution in [0.25, 0.3) is 0 Å². The Bertz CT molecular complexity index is 440. The predicted molar refractivity (Wildman–Crippen MR) is 60.3 cm³/mol. The number of benzene rings is 1. The van der Waals surface area contributed by atoms with Crippen molar-refractivity contribution in [2.75, 3.05) is 7.05 Å². The van der Waals surface area contributed by atoms with Gasteiger partial charge in [-0.15, -0.1) is 0 Å². The van der Waals surface area contributed by atoms with Gasteiger partial charge in [0.2, 0.25) is 5.91 Å². The number of carbonyl (C=O) groups is 2. The molecule has 1 aliphatic rings. The average Bonchev–Trinajstić information content (AvgIpc) is 3.12. The van der Waals surface area contributed by atoms with Gasteiger partial charge in [-0.25, -0.2) is 0 Å². The molecule has 1 aromatic carbocycles. The van der Waals surface area contributed by atoms with Crippen LogP contribution in [-0.4, -0.2) is 29.9 Å². The standard InChI is InChI=1S/C13H15NO3.Na/c1-14(11-6-7-11)12(15)8-9-2-4-10(5-3-9)13(16)17;/h2-5,11H,6-8H2,1H3,(H,16,17);/q;+1/p-1. The zero-order valence-electron chi connectivity index (χ0n) is 10.7. The topological polar surface area (TPSA) is 60.4 Å². The van der Waals surface area contributed by atoms with Gasteiger partial charge < -0.3 is 14.8 Å². The van der Waals surface area contributed by atoms with Crippen molar-refractivity contribution in [3.05, 3.63) is 35.4 Å². The molecule has 0 atom stereocenters. The Balaban J connectivity index is 0.00000162. The molecular formula is C13H14NNaO3. The summed E-state index contributed by atoms with van der Waals surface area (Å²) in [6.45, 7) is 0. The van der Waals surface area contributed by atoms with E-state index in [1.165, 1.54) is 12.1 Å². The Hall–Kier alpha value is -0.840. The minimum Gasteiger partial charge on any atom is -0.545 e. The molecule has 1 aliphatic carbocycles. The van der Waals surface area contributed by atoms with Crippen molar-refractivity contribution in [3.63, 3.8) is 0 Å². The first-order chi connectivity index (χ1) is 8.08. The van der Waals surface area contributed by atoms with Gasteiger partial charge in [-0.2, -0.15) is 0 Å². The number of amides is 1. The molecule has 0 bridgehead atoms. The summed E-state index contributed by atoms with van der Waals surface area (Å²) < 4.78 is 0. The summed E-state index contributed by atoms with van der Waals surface area (Å²) in [4.78, 5) is 24.1. The van der Waals surface area contributed by atoms with Crippen LogP contribution < -0.4 is 34.7 Å². The van der Waals surface area contributed by atoms with Crippen molar-refractivity contribution in [3.8, 4) is 0 Å². The van der Waals surface area contributed by atoms with Crippen LogP contribution in [-0.2, 0) is 11.2 Å². The van der Waals surface area contributed by atoms with Crippen LogP contribution in [0, 0.1) is 0 Å². The summed E-state index contributed by atoms with van der Waals surface area (Å²) in [5, 5.41) is 10.6. The van der Waals surface area contributed by atoms with Gasteiger partial charge >= 0.3 is 29.6 Å². The number of hydrogen-bond donors (Lipinski definition) is 0. The van der Waals surface area contributed by atoms with Crippen molar-refractivity contribution in [2.24, 2.45) is 0 Å². The Morgan fingerprint density at radius 3 is 2.28 bits per heavy atom. The van der Waals surface area contributed by atoms with Crippen LogP contribution in [0.4, 0.5) is 0 Å². The summed E-state index contributed by atoms with van der Waals surface area (Å²) in [6.07, 6.45) is 2.50. The maximum absolute atomic E-state index is 11.8. The summed E-state index contributed by atoms with van der Waals surface area (Å²) >= 11 is 0. The van der Waals surface area contributed by atoms with Gasteiger partial charge in [0.15, 0.2) is 0 Å². The van der Waals surface area contributed by atoms with Crippen molar-refractivity contribution in [1.82, 2.24) is 4.90 Å². The van der Waals surface area contributed by atoms with E-state index in [1.807, 2.05) is 7.05 Å². The molecule has 0 aromatic heterocycles. The van der Waals surface area contributed by atoms with E-state index in [2.05, 4.69) is 0 Å². The van der Waals surface area contributed by atoms with Crippen molar-refractivity contribution >= 4 is 11.9 Å². The predicted octanol–water partition coefficient (Wildman–Crippen LogP) is -2.78. The fraction of sp³-hybridized carbons (Fsp3) is 0.385. The minimum atomic E-state index is -1.20. The Morgan fingerprint density at radius 2 is 1.83 bits per heavy atom. The molecule has 0 spiro atoms. The molecule has 2 rings (SSSR count). The van der Waals surface area contributed by atoms with Crippen LogP contribution in [0.15, 0.2) is 24.3 Å². The van der Waals surface area contributed by atoms with Gasteiger partial charge in [-0.3, -0.25) is 4.79 Å². The van der Waals surface area contributed by atoms with Gasteiger partial charge in [0.1, 0.15) is 0 Å². The van der Waals surface area contributed by atoms with E-state index >= 15 is 0 Å². The summed E-state index contributed by atoms with van der Waals surface area (Å²) in [6, 6.07) is 6.66. The van der Waals surface area contributed by atoms with Crippen LogP contribution in [0.5, 0.6) is 0 Å². The van der Waals surface area contributed by atoms with Crippen LogP contribution >= 0.6 is 0 Å². The van der Waals surface area contributed by atoms with Gasteiger partial charge in [-0.05, 0) is 24.0 Å². The van der Waals surface area contributed by atoms with E-state index in [0.29, 0.717) is 12.5 Å². The van der Waals surface area contributed by atoms with Gasteiger partial charge in [0.05, 0.1) is 12.4 Å². The average molecular weight is 255 g/mol. The number of carboxylic acid groups (broad SMARTS) is 1. The zero-order chi connectivity index (χ0) is 12.4. The quantitative estimate of drug-likeness (QED) is 0.547. The molecule has 0 N–H and O–H groups in total. The second kappa shape index (κ2) is 6.36. The second-order valence-electron chi connectivity index (χ2n) is 4.40. The third kappa shape index (κ3) is 3.83. The molecule has 1 amide bonds. The molecule has 90 valence electrons. The molecule has 4 nitrogen and oxygen atoms in total. The van der Waals surface area contributed by atoms with E-state index in [1.54, 1.807) is 17.0 Å². The largest absolute Gasteiger partial charge is 1.00 e. The van der Waals surface area contributed by atoms with Gasteiger partial charge in [0.25, 0.3) is 0 Å². The zero-order valence-corrected chi connectivity index (χ0v) is 12.7. The number of carbonyl (C=O) groups excluding carboxylic acids is 2. The normalized spacial score (nSPS) is 13.6. The fourth-order valence-electron chi connectivity index (χ4n) is 1.72. The number of rotatable bonds is 4. The molecular weight excluding hydrogens is 241 g/mol. The second-order valence-corrected chi connectivity index (χ2v) is 4.40. The molecule has 18 heavy (non-hydrogen) atoms. The number of hydrogen-bond acceptors (Lipinski definition) is 3. The van der Waals surface area contributed by atoms with E-state index in [9.17, 15) is 14.7 Å². The first-order valence-electron chi connectivity index (χ1n) is 5.64. The van der Waals surface area contributed by atoms with Crippen LogP contribution in [0.1, 0.15) is 28.8 Å². The van der Waals surface area contributed by atoms with Crippen LogP contribution in [0.3, 0.4) is 0 Å². The SMILES string of the molecule is CN(C(=O)Cc1ccc(C(=O)[O-])cc1)C1CC1.[Na+]. The van der Waals surface area contributed by atoms with E-state index in [-0.39, 0.29) is 41.0 Å². The third-order valence-corrected chi connectivity index (χ3v) is 3.03. The molecule has 5 heteroatoms. The fourth-order valence-corrected chi connectivity index (χ4v) is 1.72. The van der Waals surface area contributed by atoms with E-state index < -0.39 is 5.97 Å². The Morgan fingerprint density at radius 1 is 1.28 bits per heavy atom. The first kappa shape index (κ1) is 15.2. The molecule has 1 fully saturated rings. The van der Waals surface area contributed by atoms with Gasteiger partial charge in [-0.1, -0.05) is 24.3 Å². The third-order valence-electron chi connectivity index (χ3n) is 3.03. The van der Waals surface area contributed by atoms with Crippen molar-refractivity contribution in [2.45, 2.75) is 25.3 Å². The Labute approximate surface area is 128 Å². The number of carboxylic acids is 1. The van der Waals surface area contributed by atoms with E-state index in [0.717, 1.165) is 18.4 Å². The number of nitrogens with zero attached hydrogens (tertiary/aromatic N) is 1.